The number of aryl methyl sites for hydroxylation is 1. The van der Waals surface area contributed by atoms with Gasteiger partial charge in [0.15, 0.2) is 5.65 Å². The standard InChI is InChI=1S/C14H19N3O3/c1-6-20-13(19)11-8(2)16-17-10(18)7-9(14(3,4)5)15-12(11)17/h7,16H,6H2,1-5H3. The summed E-state index contributed by atoms with van der Waals surface area (Å²) in [7, 11) is 0. The van der Waals surface area contributed by atoms with Gasteiger partial charge in [0.1, 0.15) is 5.56 Å². The number of nitrogens with zero attached hydrogens (tertiary/aromatic N) is 2. The highest BCUT2D eigenvalue weighted by molar-refractivity contribution is 5.97. The Morgan fingerprint density at radius 2 is 2.10 bits per heavy atom. The van der Waals surface area contributed by atoms with Crippen LogP contribution < -0.4 is 5.56 Å². The summed E-state index contributed by atoms with van der Waals surface area (Å²) in [6.45, 7) is 9.64. The van der Waals surface area contributed by atoms with Crippen LogP contribution in [0.4, 0.5) is 0 Å². The normalized spacial score (nSPS) is 11.8. The van der Waals surface area contributed by atoms with Gasteiger partial charge < -0.3 is 4.74 Å². The lowest BCUT2D eigenvalue weighted by Crippen LogP contribution is -2.22. The summed E-state index contributed by atoms with van der Waals surface area (Å²) < 4.78 is 6.30. The van der Waals surface area contributed by atoms with E-state index in [1.165, 1.54) is 10.6 Å². The van der Waals surface area contributed by atoms with Crippen molar-refractivity contribution in [1.29, 1.82) is 0 Å². The van der Waals surface area contributed by atoms with Crippen LogP contribution in [0.5, 0.6) is 0 Å². The first kappa shape index (κ1) is 14.3. The highest BCUT2D eigenvalue weighted by atomic mass is 16.5. The number of fused-ring (bicyclic) bond motifs is 1. The minimum absolute atomic E-state index is 0.237. The number of esters is 1. The molecule has 2 heterocycles. The average molecular weight is 277 g/mol. The molecule has 0 aromatic carbocycles. The van der Waals surface area contributed by atoms with E-state index in [0.717, 1.165) is 0 Å². The van der Waals surface area contributed by atoms with E-state index in [1.807, 2.05) is 20.8 Å². The van der Waals surface area contributed by atoms with Gasteiger partial charge in [-0.25, -0.2) is 14.3 Å². The molecule has 2 aromatic heterocycles. The number of rotatable bonds is 2. The molecule has 0 saturated heterocycles. The molecular formula is C14H19N3O3. The summed E-state index contributed by atoms with van der Waals surface area (Å²) in [5.41, 5.74) is 1.34. The zero-order chi connectivity index (χ0) is 15.1. The Labute approximate surface area is 116 Å². The van der Waals surface area contributed by atoms with Crippen LogP contribution >= 0.6 is 0 Å². The molecule has 0 bridgehead atoms. The van der Waals surface area contributed by atoms with Gasteiger partial charge in [0, 0.05) is 17.2 Å². The van der Waals surface area contributed by atoms with Crippen molar-refractivity contribution in [3.8, 4) is 0 Å². The summed E-state index contributed by atoms with van der Waals surface area (Å²) in [5, 5.41) is 2.85. The Morgan fingerprint density at radius 1 is 1.45 bits per heavy atom. The van der Waals surface area contributed by atoms with Crippen LogP contribution in [0.3, 0.4) is 0 Å². The topological polar surface area (TPSA) is 76.5 Å². The number of hydrogen-bond acceptors (Lipinski definition) is 4. The monoisotopic (exact) mass is 277 g/mol. The molecule has 20 heavy (non-hydrogen) atoms. The van der Waals surface area contributed by atoms with E-state index in [-0.39, 0.29) is 17.6 Å². The molecule has 0 fully saturated rings. The predicted octanol–water partition coefficient (Wildman–Crippen LogP) is 1.81. The Morgan fingerprint density at radius 3 is 2.65 bits per heavy atom. The van der Waals surface area contributed by atoms with E-state index < -0.39 is 5.97 Å². The number of ether oxygens (including phenoxy) is 1. The molecule has 2 rings (SSSR count). The van der Waals surface area contributed by atoms with Gasteiger partial charge >= 0.3 is 5.97 Å². The highest BCUT2D eigenvalue weighted by Crippen LogP contribution is 2.21. The molecule has 0 atom stereocenters. The molecule has 0 amide bonds. The zero-order valence-corrected chi connectivity index (χ0v) is 12.4. The maximum Gasteiger partial charge on any atom is 0.343 e. The number of aromatic amines is 1. The smallest absolute Gasteiger partial charge is 0.343 e. The van der Waals surface area contributed by atoms with Crippen molar-refractivity contribution in [1.82, 2.24) is 14.6 Å². The number of carbonyl (C=O) groups is 1. The Balaban J connectivity index is 2.76. The van der Waals surface area contributed by atoms with Gasteiger partial charge in [-0.3, -0.25) is 9.89 Å². The number of nitrogens with one attached hydrogen (secondary N) is 1. The van der Waals surface area contributed by atoms with Crippen molar-refractivity contribution in [3.05, 3.63) is 33.4 Å². The second kappa shape index (κ2) is 4.77. The fourth-order valence-corrected chi connectivity index (χ4v) is 1.98. The molecule has 0 saturated carbocycles. The Kier molecular flexibility index (Phi) is 3.41. The van der Waals surface area contributed by atoms with Gasteiger partial charge in [0.05, 0.1) is 12.3 Å². The molecule has 6 nitrogen and oxygen atoms in total. The fraction of sp³-hybridized carbons (Fsp3) is 0.500. The minimum atomic E-state index is -0.471. The van der Waals surface area contributed by atoms with Crippen molar-refractivity contribution in [2.75, 3.05) is 6.61 Å². The molecule has 0 aliphatic heterocycles. The number of H-pyrrole nitrogens is 1. The van der Waals surface area contributed by atoms with Crippen LogP contribution in [0, 0.1) is 6.92 Å². The Bertz CT molecular complexity index is 720. The second-order valence-corrected chi connectivity index (χ2v) is 5.72. The van der Waals surface area contributed by atoms with Gasteiger partial charge in [-0.2, -0.15) is 0 Å². The highest BCUT2D eigenvalue weighted by Gasteiger charge is 2.23. The molecule has 6 heteroatoms. The van der Waals surface area contributed by atoms with Crippen LogP contribution in [-0.2, 0) is 10.2 Å². The van der Waals surface area contributed by atoms with Crippen LogP contribution in [0.2, 0.25) is 0 Å². The zero-order valence-electron chi connectivity index (χ0n) is 12.4. The molecule has 0 radical (unpaired) electrons. The van der Waals surface area contributed by atoms with Crippen molar-refractivity contribution < 1.29 is 9.53 Å². The van der Waals surface area contributed by atoms with E-state index in [9.17, 15) is 9.59 Å². The van der Waals surface area contributed by atoms with E-state index in [0.29, 0.717) is 22.6 Å². The van der Waals surface area contributed by atoms with Crippen LogP contribution in [-0.4, -0.2) is 27.2 Å². The van der Waals surface area contributed by atoms with Crippen molar-refractivity contribution >= 4 is 11.6 Å². The average Bonchev–Trinajstić information content (AvgIpc) is 2.65. The lowest BCUT2D eigenvalue weighted by Gasteiger charge is -2.17. The maximum atomic E-state index is 12.1. The quantitative estimate of drug-likeness (QED) is 0.849. The first-order valence-corrected chi connectivity index (χ1v) is 6.55. The van der Waals surface area contributed by atoms with Gasteiger partial charge in [0.25, 0.3) is 5.56 Å². The molecule has 1 N–H and O–H groups in total. The Hall–Kier alpha value is -2.11. The lowest BCUT2D eigenvalue weighted by atomic mass is 9.92. The van der Waals surface area contributed by atoms with E-state index in [1.54, 1.807) is 13.8 Å². The van der Waals surface area contributed by atoms with Gasteiger partial charge in [0.2, 0.25) is 0 Å². The predicted molar refractivity (Wildman–Crippen MR) is 75.2 cm³/mol. The first-order chi connectivity index (χ1) is 9.25. The third-order valence-electron chi connectivity index (χ3n) is 3.04. The summed E-state index contributed by atoms with van der Waals surface area (Å²) in [6, 6.07) is 1.48. The molecule has 2 aromatic rings. The van der Waals surface area contributed by atoms with E-state index in [2.05, 4.69) is 10.1 Å². The first-order valence-electron chi connectivity index (χ1n) is 6.55. The number of aromatic nitrogens is 3. The molecule has 0 aliphatic rings. The molecule has 0 spiro atoms. The summed E-state index contributed by atoms with van der Waals surface area (Å²) in [6.07, 6.45) is 0. The van der Waals surface area contributed by atoms with Crippen molar-refractivity contribution in [2.45, 2.75) is 40.0 Å². The SMILES string of the molecule is CCOC(=O)c1c(C)[nH]n2c(=O)cc(C(C)(C)C)nc12. The van der Waals surface area contributed by atoms with E-state index >= 15 is 0 Å². The molecule has 0 aliphatic carbocycles. The van der Waals surface area contributed by atoms with Gasteiger partial charge in [-0.05, 0) is 13.8 Å². The molecule has 0 unspecified atom stereocenters. The maximum absolute atomic E-state index is 12.1. The van der Waals surface area contributed by atoms with Crippen LogP contribution in [0.25, 0.3) is 5.65 Å². The van der Waals surface area contributed by atoms with E-state index in [4.69, 9.17) is 4.74 Å². The largest absolute Gasteiger partial charge is 0.462 e. The third-order valence-corrected chi connectivity index (χ3v) is 3.04. The second-order valence-electron chi connectivity index (χ2n) is 5.72. The number of hydrogen-bond donors (Lipinski definition) is 1. The van der Waals surface area contributed by atoms with Crippen molar-refractivity contribution in [3.63, 3.8) is 0 Å². The van der Waals surface area contributed by atoms with Crippen LogP contribution in [0.1, 0.15) is 49.4 Å². The summed E-state index contributed by atoms with van der Waals surface area (Å²) in [5.74, 6) is -0.471. The summed E-state index contributed by atoms with van der Waals surface area (Å²) in [4.78, 5) is 28.6. The summed E-state index contributed by atoms with van der Waals surface area (Å²) >= 11 is 0. The minimum Gasteiger partial charge on any atom is -0.462 e. The number of carbonyl (C=O) groups excluding carboxylic acids is 1. The van der Waals surface area contributed by atoms with Gasteiger partial charge in [-0.1, -0.05) is 20.8 Å². The van der Waals surface area contributed by atoms with Crippen LogP contribution in [0.15, 0.2) is 10.9 Å². The fourth-order valence-electron chi connectivity index (χ4n) is 1.98. The molecular weight excluding hydrogens is 258 g/mol. The van der Waals surface area contributed by atoms with Crippen molar-refractivity contribution in [2.24, 2.45) is 0 Å². The lowest BCUT2D eigenvalue weighted by molar-refractivity contribution is 0.0527. The van der Waals surface area contributed by atoms with Gasteiger partial charge in [-0.15, -0.1) is 0 Å². The molecule has 108 valence electrons. The third kappa shape index (κ3) is 2.33.